The van der Waals surface area contributed by atoms with Crippen LogP contribution in [0.15, 0.2) is 30.3 Å². The molecule has 1 heterocycles. The van der Waals surface area contributed by atoms with Crippen LogP contribution in [0.2, 0.25) is 0 Å². The first-order chi connectivity index (χ1) is 11.0. The van der Waals surface area contributed by atoms with E-state index in [2.05, 4.69) is 9.88 Å². The van der Waals surface area contributed by atoms with Gasteiger partial charge in [0.25, 0.3) is 5.91 Å². The van der Waals surface area contributed by atoms with Gasteiger partial charge in [0.1, 0.15) is 0 Å². The Morgan fingerprint density at radius 1 is 1.30 bits per heavy atom. The lowest BCUT2D eigenvalue weighted by molar-refractivity contribution is 0.0915. The Balaban J connectivity index is 1.68. The van der Waals surface area contributed by atoms with Crippen molar-refractivity contribution in [1.29, 1.82) is 0 Å². The Hall–Kier alpha value is -2.07. The van der Waals surface area contributed by atoms with Crippen molar-refractivity contribution in [2.45, 2.75) is 45.8 Å². The largest absolute Gasteiger partial charge is 0.387 e. The van der Waals surface area contributed by atoms with Crippen LogP contribution in [0.1, 0.15) is 57.9 Å². The SMILES string of the molecule is Cc1ccccc1C(O)CNC(=O)c1cc(C)n(C2CC2)c1C. The minimum absolute atomic E-state index is 0.113. The Bertz CT molecular complexity index is 729. The monoisotopic (exact) mass is 312 g/mol. The van der Waals surface area contributed by atoms with Crippen molar-refractivity contribution in [3.8, 4) is 0 Å². The number of hydrogen-bond acceptors (Lipinski definition) is 2. The number of carbonyl (C=O) groups is 1. The Kier molecular flexibility index (Phi) is 4.26. The van der Waals surface area contributed by atoms with Gasteiger partial charge in [0.15, 0.2) is 0 Å². The topological polar surface area (TPSA) is 54.3 Å². The van der Waals surface area contributed by atoms with Crippen molar-refractivity contribution >= 4 is 5.91 Å². The molecule has 0 aliphatic heterocycles. The number of rotatable bonds is 5. The van der Waals surface area contributed by atoms with Crippen LogP contribution in [0.5, 0.6) is 0 Å². The number of aliphatic hydroxyl groups is 1. The number of aryl methyl sites for hydroxylation is 2. The summed E-state index contributed by atoms with van der Waals surface area (Å²) in [5, 5.41) is 13.2. The molecular weight excluding hydrogens is 288 g/mol. The molecule has 1 unspecified atom stereocenters. The third-order valence-electron chi connectivity index (χ3n) is 4.64. The lowest BCUT2D eigenvalue weighted by Crippen LogP contribution is -2.29. The molecule has 1 atom stereocenters. The lowest BCUT2D eigenvalue weighted by Gasteiger charge is -2.14. The second-order valence-corrected chi connectivity index (χ2v) is 6.47. The summed E-state index contributed by atoms with van der Waals surface area (Å²) >= 11 is 0. The molecule has 0 bridgehead atoms. The number of aromatic nitrogens is 1. The highest BCUT2D eigenvalue weighted by Gasteiger charge is 2.28. The Morgan fingerprint density at radius 2 is 2.00 bits per heavy atom. The van der Waals surface area contributed by atoms with Crippen molar-refractivity contribution in [3.05, 3.63) is 58.4 Å². The van der Waals surface area contributed by atoms with Crippen LogP contribution >= 0.6 is 0 Å². The summed E-state index contributed by atoms with van der Waals surface area (Å²) in [6.45, 7) is 6.22. The third kappa shape index (κ3) is 3.17. The molecule has 1 aliphatic rings. The van der Waals surface area contributed by atoms with Gasteiger partial charge < -0.3 is 15.0 Å². The number of amides is 1. The molecule has 3 rings (SSSR count). The highest BCUT2D eigenvalue weighted by Crippen LogP contribution is 2.38. The van der Waals surface area contributed by atoms with Gasteiger partial charge in [0, 0.05) is 24.0 Å². The molecule has 0 radical (unpaired) electrons. The van der Waals surface area contributed by atoms with Crippen molar-refractivity contribution < 1.29 is 9.90 Å². The molecule has 2 N–H and O–H groups in total. The maximum atomic E-state index is 12.5. The summed E-state index contributed by atoms with van der Waals surface area (Å²) in [5.41, 5.74) is 4.76. The van der Waals surface area contributed by atoms with Crippen LogP contribution in [0.25, 0.3) is 0 Å². The summed E-state index contributed by atoms with van der Waals surface area (Å²) in [7, 11) is 0. The summed E-state index contributed by atoms with van der Waals surface area (Å²) in [6, 6.07) is 10.2. The Labute approximate surface area is 137 Å². The average molecular weight is 312 g/mol. The van der Waals surface area contributed by atoms with E-state index in [0.29, 0.717) is 11.6 Å². The van der Waals surface area contributed by atoms with E-state index in [9.17, 15) is 9.90 Å². The molecule has 2 aromatic rings. The van der Waals surface area contributed by atoms with Gasteiger partial charge in [-0.15, -0.1) is 0 Å². The highest BCUT2D eigenvalue weighted by molar-refractivity contribution is 5.95. The Morgan fingerprint density at radius 3 is 2.65 bits per heavy atom. The van der Waals surface area contributed by atoms with Crippen molar-refractivity contribution in [2.75, 3.05) is 6.54 Å². The summed E-state index contributed by atoms with van der Waals surface area (Å²) in [4.78, 5) is 12.5. The van der Waals surface area contributed by atoms with Crippen molar-refractivity contribution in [2.24, 2.45) is 0 Å². The predicted octanol–water partition coefficient (Wildman–Crippen LogP) is 3.21. The molecule has 1 amide bonds. The minimum atomic E-state index is -0.688. The van der Waals surface area contributed by atoms with E-state index in [0.717, 1.165) is 22.5 Å². The number of hydrogen-bond donors (Lipinski definition) is 2. The van der Waals surface area contributed by atoms with E-state index in [4.69, 9.17) is 0 Å². The van der Waals surface area contributed by atoms with Crippen molar-refractivity contribution in [1.82, 2.24) is 9.88 Å². The highest BCUT2D eigenvalue weighted by atomic mass is 16.3. The van der Waals surface area contributed by atoms with Gasteiger partial charge in [-0.2, -0.15) is 0 Å². The van der Waals surface area contributed by atoms with Gasteiger partial charge in [0.05, 0.1) is 11.7 Å². The zero-order valence-corrected chi connectivity index (χ0v) is 14.0. The second kappa shape index (κ2) is 6.20. The summed E-state index contributed by atoms with van der Waals surface area (Å²) in [6.07, 6.45) is 1.71. The van der Waals surface area contributed by atoms with Crippen molar-refractivity contribution in [3.63, 3.8) is 0 Å². The molecule has 4 nitrogen and oxygen atoms in total. The van der Waals surface area contributed by atoms with Crippen LogP contribution in [0.4, 0.5) is 0 Å². The van der Waals surface area contributed by atoms with Gasteiger partial charge in [-0.1, -0.05) is 24.3 Å². The normalized spacial score (nSPS) is 15.5. The number of nitrogens with one attached hydrogen (secondary N) is 1. The first kappa shape index (κ1) is 15.8. The van der Waals surface area contributed by atoms with Crippen LogP contribution < -0.4 is 5.32 Å². The number of aliphatic hydroxyl groups excluding tert-OH is 1. The summed E-state index contributed by atoms with van der Waals surface area (Å²) < 4.78 is 2.26. The number of benzene rings is 1. The molecule has 0 saturated heterocycles. The van der Waals surface area contributed by atoms with E-state index in [-0.39, 0.29) is 12.5 Å². The molecule has 122 valence electrons. The zero-order chi connectivity index (χ0) is 16.6. The average Bonchev–Trinajstić information content (AvgIpc) is 3.30. The first-order valence-electron chi connectivity index (χ1n) is 8.19. The van der Waals surface area contributed by atoms with E-state index in [1.54, 1.807) is 0 Å². The van der Waals surface area contributed by atoms with Gasteiger partial charge in [-0.05, 0) is 50.8 Å². The van der Waals surface area contributed by atoms with Crippen LogP contribution in [0, 0.1) is 20.8 Å². The fourth-order valence-electron chi connectivity index (χ4n) is 3.26. The summed E-state index contributed by atoms with van der Waals surface area (Å²) in [5.74, 6) is -0.113. The van der Waals surface area contributed by atoms with E-state index < -0.39 is 6.10 Å². The van der Waals surface area contributed by atoms with Crippen LogP contribution in [-0.4, -0.2) is 22.1 Å². The van der Waals surface area contributed by atoms with E-state index >= 15 is 0 Å². The molecule has 1 saturated carbocycles. The predicted molar refractivity (Wildman–Crippen MR) is 90.6 cm³/mol. The fourth-order valence-corrected chi connectivity index (χ4v) is 3.26. The molecular formula is C19H24N2O2. The molecule has 1 aliphatic carbocycles. The van der Waals surface area contributed by atoms with Gasteiger partial charge in [0.2, 0.25) is 0 Å². The molecule has 4 heteroatoms. The quantitative estimate of drug-likeness (QED) is 0.890. The van der Waals surface area contributed by atoms with Gasteiger partial charge in [-0.3, -0.25) is 4.79 Å². The molecule has 0 spiro atoms. The maximum Gasteiger partial charge on any atom is 0.253 e. The van der Waals surface area contributed by atoms with Crippen LogP contribution in [-0.2, 0) is 0 Å². The van der Waals surface area contributed by atoms with E-state index in [1.807, 2.05) is 51.1 Å². The molecule has 1 fully saturated rings. The lowest BCUT2D eigenvalue weighted by atomic mass is 10.0. The number of nitrogens with zero attached hydrogens (tertiary/aromatic N) is 1. The van der Waals surface area contributed by atoms with Gasteiger partial charge >= 0.3 is 0 Å². The minimum Gasteiger partial charge on any atom is -0.387 e. The third-order valence-corrected chi connectivity index (χ3v) is 4.64. The first-order valence-corrected chi connectivity index (χ1v) is 8.19. The second-order valence-electron chi connectivity index (χ2n) is 6.47. The van der Waals surface area contributed by atoms with Crippen LogP contribution in [0.3, 0.4) is 0 Å². The smallest absolute Gasteiger partial charge is 0.253 e. The maximum absolute atomic E-state index is 12.5. The standard InChI is InChI=1S/C19H24N2O2/c1-12-6-4-5-7-16(12)18(22)11-20-19(23)17-10-13(2)21(14(17)3)15-8-9-15/h4-7,10,15,18,22H,8-9,11H2,1-3H3,(H,20,23). The fraction of sp³-hybridized carbons (Fsp3) is 0.421. The molecule has 1 aromatic heterocycles. The van der Waals surface area contributed by atoms with E-state index in [1.165, 1.54) is 12.8 Å². The molecule has 23 heavy (non-hydrogen) atoms. The zero-order valence-electron chi connectivity index (χ0n) is 14.0. The molecule has 1 aromatic carbocycles. The van der Waals surface area contributed by atoms with Gasteiger partial charge in [-0.25, -0.2) is 0 Å². The number of carbonyl (C=O) groups excluding carboxylic acids is 1.